The van der Waals surface area contributed by atoms with Crippen molar-refractivity contribution in [2.75, 3.05) is 7.11 Å². The Kier molecular flexibility index (Phi) is 5.25. The second-order valence-corrected chi connectivity index (χ2v) is 5.60. The number of ether oxygens (including phenoxy) is 2. The molecule has 0 radical (unpaired) electrons. The zero-order valence-electron chi connectivity index (χ0n) is 13.1. The Balaban J connectivity index is 1.98. The van der Waals surface area contributed by atoms with Gasteiger partial charge in [0.2, 0.25) is 5.91 Å². The fourth-order valence-electron chi connectivity index (χ4n) is 2.12. The summed E-state index contributed by atoms with van der Waals surface area (Å²) in [6.45, 7) is 3.83. The summed E-state index contributed by atoms with van der Waals surface area (Å²) in [5, 5.41) is 0. The monoisotopic (exact) mass is 306 g/mol. The molecule has 2 N–H and O–H groups in total. The Morgan fingerprint density at radius 2 is 1.91 bits per heavy atom. The van der Waals surface area contributed by atoms with E-state index in [9.17, 15) is 9.59 Å². The lowest BCUT2D eigenvalue weighted by atomic mass is 9.85. The van der Waals surface area contributed by atoms with Crippen LogP contribution in [0.3, 0.4) is 0 Å². The maximum absolute atomic E-state index is 12.1. The number of amides is 2. The highest BCUT2D eigenvalue weighted by Crippen LogP contribution is 2.29. The van der Waals surface area contributed by atoms with Crippen LogP contribution in [0.15, 0.2) is 18.2 Å². The molecular formula is C16H22N2O4. The van der Waals surface area contributed by atoms with Crippen molar-refractivity contribution in [3.05, 3.63) is 23.8 Å². The van der Waals surface area contributed by atoms with E-state index >= 15 is 0 Å². The molecule has 1 aliphatic rings. The van der Waals surface area contributed by atoms with Crippen LogP contribution in [0.4, 0.5) is 0 Å². The molecule has 22 heavy (non-hydrogen) atoms. The van der Waals surface area contributed by atoms with Crippen molar-refractivity contribution in [3.8, 4) is 11.5 Å². The van der Waals surface area contributed by atoms with Gasteiger partial charge in [0, 0.05) is 11.5 Å². The highest BCUT2D eigenvalue weighted by Gasteiger charge is 2.25. The highest BCUT2D eigenvalue weighted by molar-refractivity contribution is 5.96. The molecular weight excluding hydrogens is 284 g/mol. The van der Waals surface area contributed by atoms with Gasteiger partial charge in [-0.2, -0.15) is 0 Å². The average molecular weight is 306 g/mol. The summed E-state index contributed by atoms with van der Waals surface area (Å²) in [5.41, 5.74) is 5.27. The van der Waals surface area contributed by atoms with E-state index in [0.29, 0.717) is 17.1 Å². The van der Waals surface area contributed by atoms with Gasteiger partial charge in [0.1, 0.15) is 0 Å². The smallest absolute Gasteiger partial charge is 0.269 e. The minimum Gasteiger partial charge on any atom is -0.493 e. The molecule has 1 aromatic carbocycles. The molecule has 6 nitrogen and oxygen atoms in total. The van der Waals surface area contributed by atoms with E-state index in [1.165, 1.54) is 7.11 Å². The molecule has 120 valence electrons. The normalized spacial score (nSPS) is 14.2. The number of carbonyl (C=O) groups is 2. The molecule has 6 heteroatoms. The summed E-state index contributed by atoms with van der Waals surface area (Å²) in [5.74, 6) is 0.560. The molecule has 1 aliphatic carbocycles. The summed E-state index contributed by atoms with van der Waals surface area (Å²) in [4.78, 5) is 23.7. The standard InChI is InChI=1S/C16H22N2O4/c1-10(2)22-13-8-7-12(9-14(13)21-3)16(20)18-17-15(19)11-5-4-6-11/h7-11H,4-6H2,1-3H3,(H,17,19)(H,18,20). The van der Waals surface area contributed by atoms with Crippen molar-refractivity contribution >= 4 is 11.8 Å². The molecule has 1 saturated carbocycles. The zero-order chi connectivity index (χ0) is 16.1. The van der Waals surface area contributed by atoms with Crippen LogP contribution in [0.2, 0.25) is 0 Å². The van der Waals surface area contributed by atoms with E-state index in [1.807, 2.05) is 13.8 Å². The molecule has 0 heterocycles. The van der Waals surface area contributed by atoms with Crippen LogP contribution < -0.4 is 20.3 Å². The number of rotatable bonds is 5. The molecule has 1 aromatic rings. The van der Waals surface area contributed by atoms with Crippen LogP contribution in [0, 0.1) is 5.92 Å². The number of benzene rings is 1. The molecule has 0 unspecified atom stereocenters. The molecule has 1 fully saturated rings. The third kappa shape index (κ3) is 3.90. The van der Waals surface area contributed by atoms with Gasteiger partial charge >= 0.3 is 0 Å². The molecule has 0 aliphatic heterocycles. The summed E-state index contributed by atoms with van der Waals surface area (Å²) < 4.78 is 10.8. The first-order valence-corrected chi connectivity index (χ1v) is 7.46. The van der Waals surface area contributed by atoms with Crippen molar-refractivity contribution in [2.24, 2.45) is 5.92 Å². The quantitative estimate of drug-likeness (QED) is 0.816. The molecule has 0 saturated heterocycles. The van der Waals surface area contributed by atoms with Crippen molar-refractivity contribution in [1.29, 1.82) is 0 Å². The molecule has 0 aromatic heterocycles. The van der Waals surface area contributed by atoms with Crippen LogP contribution in [0.25, 0.3) is 0 Å². The second-order valence-electron chi connectivity index (χ2n) is 5.60. The first-order chi connectivity index (χ1) is 10.5. The third-order valence-corrected chi connectivity index (χ3v) is 3.56. The van der Waals surface area contributed by atoms with Crippen molar-refractivity contribution in [1.82, 2.24) is 10.9 Å². The van der Waals surface area contributed by atoms with E-state index < -0.39 is 0 Å². The minimum atomic E-state index is -0.387. The number of hydrogen-bond donors (Lipinski definition) is 2. The summed E-state index contributed by atoms with van der Waals surface area (Å²) >= 11 is 0. The van der Waals surface area contributed by atoms with Crippen LogP contribution >= 0.6 is 0 Å². The Bertz CT molecular complexity index is 553. The van der Waals surface area contributed by atoms with Crippen LogP contribution in [0.1, 0.15) is 43.5 Å². The predicted molar refractivity (Wildman–Crippen MR) is 81.7 cm³/mol. The first-order valence-electron chi connectivity index (χ1n) is 7.46. The summed E-state index contributed by atoms with van der Waals surface area (Å²) in [6.07, 6.45) is 2.85. The van der Waals surface area contributed by atoms with Crippen molar-refractivity contribution in [3.63, 3.8) is 0 Å². The Labute approximate surface area is 130 Å². The van der Waals surface area contributed by atoms with Gasteiger partial charge in [-0.25, -0.2) is 0 Å². The lowest BCUT2D eigenvalue weighted by molar-refractivity contribution is -0.128. The van der Waals surface area contributed by atoms with Gasteiger partial charge in [-0.3, -0.25) is 20.4 Å². The number of hydrogen-bond acceptors (Lipinski definition) is 4. The lowest BCUT2D eigenvalue weighted by Crippen LogP contribution is -2.46. The van der Waals surface area contributed by atoms with E-state index in [0.717, 1.165) is 19.3 Å². The molecule has 2 rings (SSSR count). The molecule has 0 bridgehead atoms. The second kappa shape index (κ2) is 7.15. The number of hydrazine groups is 1. The number of nitrogens with one attached hydrogen (secondary N) is 2. The summed E-state index contributed by atoms with van der Waals surface area (Å²) in [7, 11) is 1.52. The largest absolute Gasteiger partial charge is 0.493 e. The van der Waals surface area contributed by atoms with Crippen molar-refractivity contribution < 1.29 is 19.1 Å². The van der Waals surface area contributed by atoms with Gasteiger partial charge in [0.05, 0.1) is 13.2 Å². The minimum absolute atomic E-state index is 0.00958. The Morgan fingerprint density at radius 1 is 1.18 bits per heavy atom. The highest BCUT2D eigenvalue weighted by atomic mass is 16.5. The SMILES string of the molecule is COc1cc(C(=O)NNC(=O)C2CCC2)ccc1OC(C)C. The van der Waals surface area contributed by atoms with Crippen LogP contribution in [0.5, 0.6) is 11.5 Å². The number of carbonyl (C=O) groups excluding carboxylic acids is 2. The predicted octanol–water partition coefficient (Wildman–Crippen LogP) is 2.04. The van der Waals surface area contributed by atoms with Crippen LogP contribution in [-0.4, -0.2) is 25.0 Å². The average Bonchev–Trinajstić information content (AvgIpc) is 2.42. The Hall–Kier alpha value is -2.24. The van der Waals surface area contributed by atoms with E-state index in [2.05, 4.69) is 10.9 Å². The van der Waals surface area contributed by atoms with E-state index in [1.54, 1.807) is 18.2 Å². The molecule has 0 spiro atoms. The van der Waals surface area contributed by atoms with Gasteiger partial charge in [-0.1, -0.05) is 6.42 Å². The first kappa shape index (κ1) is 16.1. The lowest BCUT2D eigenvalue weighted by Gasteiger charge is -2.24. The van der Waals surface area contributed by atoms with Gasteiger partial charge in [-0.05, 0) is 44.9 Å². The van der Waals surface area contributed by atoms with Gasteiger partial charge in [-0.15, -0.1) is 0 Å². The fraction of sp³-hybridized carbons (Fsp3) is 0.500. The zero-order valence-corrected chi connectivity index (χ0v) is 13.1. The van der Waals surface area contributed by atoms with Gasteiger partial charge < -0.3 is 9.47 Å². The van der Waals surface area contributed by atoms with Gasteiger partial charge in [0.15, 0.2) is 11.5 Å². The maximum Gasteiger partial charge on any atom is 0.269 e. The van der Waals surface area contributed by atoms with Crippen LogP contribution in [-0.2, 0) is 4.79 Å². The maximum atomic E-state index is 12.1. The summed E-state index contributed by atoms with van der Waals surface area (Å²) in [6, 6.07) is 4.90. The van der Waals surface area contributed by atoms with E-state index in [4.69, 9.17) is 9.47 Å². The fourth-order valence-corrected chi connectivity index (χ4v) is 2.12. The van der Waals surface area contributed by atoms with Crippen molar-refractivity contribution in [2.45, 2.75) is 39.2 Å². The molecule has 2 amide bonds. The topological polar surface area (TPSA) is 76.7 Å². The Morgan fingerprint density at radius 3 is 2.45 bits per heavy atom. The van der Waals surface area contributed by atoms with E-state index in [-0.39, 0.29) is 23.8 Å². The number of methoxy groups -OCH3 is 1. The third-order valence-electron chi connectivity index (χ3n) is 3.56. The van der Waals surface area contributed by atoms with Gasteiger partial charge in [0.25, 0.3) is 5.91 Å². The molecule has 0 atom stereocenters.